The molecule has 0 unspecified atom stereocenters. The molecule has 0 bridgehead atoms. The van der Waals surface area contributed by atoms with E-state index in [1.807, 2.05) is 37.2 Å². The molecule has 0 aliphatic carbocycles. The van der Waals surface area contributed by atoms with Crippen molar-refractivity contribution in [3.8, 4) is 0 Å². The largest absolute Gasteiger partial charge is 0.378 e. The van der Waals surface area contributed by atoms with Crippen LogP contribution < -0.4 is 16.0 Å². The van der Waals surface area contributed by atoms with Crippen LogP contribution in [-0.2, 0) is 0 Å². The van der Waals surface area contributed by atoms with E-state index < -0.39 is 4.92 Å². The van der Waals surface area contributed by atoms with Crippen LogP contribution in [0.5, 0.6) is 0 Å². The Kier molecular flexibility index (Phi) is 3.65. The predicted octanol–water partition coefficient (Wildman–Crippen LogP) is 1.78. The molecule has 104 valence electrons. The average molecular weight is 274 g/mol. The molecule has 0 atom stereocenters. The summed E-state index contributed by atoms with van der Waals surface area (Å²) in [6, 6.07) is 7.39. The maximum atomic E-state index is 11.0. The van der Waals surface area contributed by atoms with Crippen molar-refractivity contribution in [1.29, 1.82) is 0 Å². The van der Waals surface area contributed by atoms with Crippen molar-refractivity contribution in [1.82, 2.24) is 9.97 Å². The number of nitrogens with one attached hydrogen (secondary N) is 1. The van der Waals surface area contributed by atoms with Crippen molar-refractivity contribution in [2.24, 2.45) is 0 Å². The molecular formula is C12H14N6O2. The summed E-state index contributed by atoms with van der Waals surface area (Å²) in [6.07, 6.45) is 1.18. The van der Waals surface area contributed by atoms with Crippen molar-refractivity contribution in [2.75, 3.05) is 30.0 Å². The van der Waals surface area contributed by atoms with Crippen LogP contribution in [0.15, 0.2) is 30.6 Å². The quantitative estimate of drug-likeness (QED) is 0.645. The highest BCUT2D eigenvalue weighted by molar-refractivity contribution is 5.79. The number of nitro groups is 1. The van der Waals surface area contributed by atoms with Crippen molar-refractivity contribution in [2.45, 2.75) is 0 Å². The van der Waals surface area contributed by atoms with E-state index in [2.05, 4.69) is 15.3 Å². The third kappa shape index (κ3) is 2.58. The minimum Gasteiger partial charge on any atom is -0.378 e. The van der Waals surface area contributed by atoms with Crippen LogP contribution in [0.25, 0.3) is 0 Å². The zero-order chi connectivity index (χ0) is 14.7. The van der Waals surface area contributed by atoms with Gasteiger partial charge in [0.1, 0.15) is 6.33 Å². The maximum absolute atomic E-state index is 11.0. The van der Waals surface area contributed by atoms with Crippen molar-refractivity contribution in [3.63, 3.8) is 0 Å². The highest BCUT2D eigenvalue weighted by Crippen LogP contribution is 2.32. The van der Waals surface area contributed by atoms with E-state index in [0.29, 0.717) is 5.69 Å². The summed E-state index contributed by atoms with van der Waals surface area (Å²) < 4.78 is 0. The SMILES string of the molecule is CN(C)c1ccccc1Nc1ncnc(N)c1[N+](=O)[O-]. The van der Waals surface area contributed by atoms with Crippen LogP contribution in [0.2, 0.25) is 0 Å². The van der Waals surface area contributed by atoms with E-state index in [-0.39, 0.29) is 17.3 Å². The van der Waals surface area contributed by atoms with Crippen LogP contribution >= 0.6 is 0 Å². The standard InChI is InChI=1S/C12H14N6O2/c1-17(2)9-6-4-3-5-8(9)16-12-10(18(19)20)11(13)14-7-15-12/h3-7H,1-2H3,(H3,13,14,15,16). The summed E-state index contributed by atoms with van der Waals surface area (Å²) in [4.78, 5) is 19.9. The highest BCUT2D eigenvalue weighted by atomic mass is 16.6. The summed E-state index contributed by atoms with van der Waals surface area (Å²) in [5.41, 5.74) is 6.77. The summed E-state index contributed by atoms with van der Waals surface area (Å²) >= 11 is 0. The number of rotatable bonds is 4. The Hall–Kier alpha value is -2.90. The molecule has 3 N–H and O–H groups in total. The fourth-order valence-electron chi connectivity index (χ4n) is 1.76. The Bertz CT molecular complexity index is 644. The van der Waals surface area contributed by atoms with Crippen LogP contribution in [0, 0.1) is 10.1 Å². The fourth-order valence-corrected chi connectivity index (χ4v) is 1.76. The Balaban J connectivity index is 2.46. The molecule has 2 rings (SSSR count). The summed E-state index contributed by atoms with van der Waals surface area (Å²) in [5.74, 6) is -0.105. The Labute approximate surface area is 115 Å². The molecule has 0 radical (unpaired) electrons. The van der Waals surface area contributed by atoms with Gasteiger partial charge in [-0.25, -0.2) is 9.97 Å². The first-order valence-electron chi connectivity index (χ1n) is 5.79. The molecule has 8 nitrogen and oxygen atoms in total. The second-order valence-corrected chi connectivity index (χ2v) is 4.25. The summed E-state index contributed by atoms with van der Waals surface area (Å²) in [6.45, 7) is 0. The van der Waals surface area contributed by atoms with Crippen molar-refractivity contribution >= 4 is 28.7 Å². The minimum atomic E-state index is -0.601. The van der Waals surface area contributed by atoms with E-state index in [1.54, 1.807) is 6.07 Å². The second kappa shape index (κ2) is 5.39. The summed E-state index contributed by atoms with van der Waals surface area (Å²) in [7, 11) is 3.76. The lowest BCUT2D eigenvalue weighted by atomic mass is 10.2. The number of nitrogens with zero attached hydrogens (tertiary/aromatic N) is 4. The third-order valence-electron chi connectivity index (χ3n) is 2.67. The Morgan fingerprint density at radius 1 is 1.30 bits per heavy atom. The van der Waals surface area contributed by atoms with E-state index in [1.165, 1.54) is 6.33 Å². The van der Waals surface area contributed by atoms with E-state index >= 15 is 0 Å². The van der Waals surface area contributed by atoms with Crippen LogP contribution in [0.1, 0.15) is 0 Å². The lowest BCUT2D eigenvalue weighted by molar-refractivity contribution is -0.383. The highest BCUT2D eigenvalue weighted by Gasteiger charge is 2.21. The zero-order valence-corrected chi connectivity index (χ0v) is 11.1. The number of aromatic nitrogens is 2. The van der Waals surface area contributed by atoms with Gasteiger partial charge in [0.2, 0.25) is 11.6 Å². The van der Waals surface area contributed by atoms with Gasteiger partial charge in [-0.3, -0.25) is 10.1 Å². The van der Waals surface area contributed by atoms with Crippen molar-refractivity contribution < 1.29 is 4.92 Å². The van der Waals surface area contributed by atoms with Gasteiger partial charge in [-0.05, 0) is 12.1 Å². The van der Waals surface area contributed by atoms with Crippen LogP contribution in [0.3, 0.4) is 0 Å². The minimum absolute atomic E-state index is 0.0665. The van der Waals surface area contributed by atoms with Crippen LogP contribution in [-0.4, -0.2) is 29.0 Å². The third-order valence-corrected chi connectivity index (χ3v) is 2.67. The van der Waals surface area contributed by atoms with Gasteiger partial charge in [0.05, 0.1) is 16.3 Å². The van der Waals surface area contributed by atoms with E-state index in [0.717, 1.165) is 5.69 Å². The van der Waals surface area contributed by atoms with Gasteiger partial charge in [0.25, 0.3) is 0 Å². The van der Waals surface area contributed by atoms with E-state index in [4.69, 9.17) is 5.73 Å². The molecule has 1 aromatic heterocycles. The van der Waals surface area contributed by atoms with Crippen molar-refractivity contribution in [3.05, 3.63) is 40.7 Å². The summed E-state index contributed by atoms with van der Waals surface area (Å²) in [5, 5.41) is 14.0. The molecule has 0 amide bonds. The lowest BCUT2D eigenvalue weighted by Gasteiger charge is -2.17. The molecule has 1 heterocycles. The molecule has 0 saturated heterocycles. The fraction of sp³-hybridized carbons (Fsp3) is 0.167. The van der Waals surface area contributed by atoms with Gasteiger partial charge in [-0.1, -0.05) is 12.1 Å². The molecular weight excluding hydrogens is 260 g/mol. The number of benzene rings is 1. The molecule has 0 aliphatic heterocycles. The van der Waals surface area contributed by atoms with Gasteiger partial charge in [-0.2, -0.15) is 0 Å². The first-order chi connectivity index (χ1) is 9.50. The maximum Gasteiger partial charge on any atom is 0.353 e. The van der Waals surface area contributed by atoms with Crippen LogP contribution in [0.4, 0.5) is 28.7 Å². The molecule has 0 saturated carbocycles. The van der Waals surface area contributed by atoms with Gasteiger partial charge in [-0.15, -0.1) is 0 Å². The number of anilines is 4. The molecule has 2 aromatic rings. The molecule has 0 aliphatic rings. The van der Waals surface area contributed by atoms with Gasteiger partial charge < -0.3 is 16.0 Å². The number of para-hydroxylation sites is 2. The zero-order valence-electron chi connectivity index (χ0n) is 11.1. The first kappa shape index (κ1) is 13.5. The second-order valence-electron chi connectivity index (χ2n) is 4.25. The lowest BCUT2D eigenvalue weighted by Crippen LogP contribution is -2.12. The molecule has 0 fully saturated rings. The normalized spacial score (nSPS) is 10.1. The average Bonchev–Trinajstić information content (AvgIpc) is 2.38. The molecule has 20 heavy (non-hydrogen) atoms. The molecule has 8 heteroatoms. The number of nitrogen functional groups attached to an aromatic ring is 1. The van der Waals surface area contributed by atoms with Gasteiger partial charge in [0, 0.05) is 14.1 Å². The Morgan fingerprint density at radius 3 is 2.65 bits per heavy atom. The molecule has 0 spiro atoms. The topological polar surface area (TPSA) is 110 Å². The monoisotopic (exact) mass is 274 g/mol. The van der Waals surface area contributed by atoms with Gasteiger partial charge in [0.15, 0.2) is 0 Å². The Morgan fingerprint density at radius 2 is 2.00 bits per heavy atom. The number of hydrogen-bond acceptors (Lipinski definition) is 7. The number of hydrogen-bond donors (Lipinski definition) is 2. The smallest absolute Gasteiger partial charge is 0.353 e. The number of nitrogens with two attached hydrogens (primary N) is 1. The van der Waals surface area contributed by atoms with Gasteiger partial charge >= 0.3 is 5.69 Å². The predicted molar refractivity (Wildman–Crippen MR) is 77.2 cm³/mol. The first-order valence-corrected chi connectivity index (χ1v) is 5.79. The molecule has 1 aromatic carbocycles. The van der Waals surface area contributed by atoms with E-state index in [9.17, 15) is 10.1 Å².